The Labute approximate surface area is 115 Å². The lowest BCUT2D eigenvalue weighted by molar-refractivity contribution is 0.449. The first-order valence-electron chi connectivity index (χ1n) is 6.71. The van der Waals surface area contributed by atoms with Gasteiger partial charge in [0.25, 0.3) is 0 Å². The van der Waals surface area contributed by atoms with Crippen molar-refractivity contribution in [3.05, 3.63) is 23.8 Å². The van der Waals surface area contributed by atoms with Crippen LogP contribution in [0.4, 0.5) is 11.4 Å². The third-order valence-corrected chi connectivity index (χ3v) is 5.03. The number of rotatable bonds is 5. The van der Waals surface area contributed by atoms with Gasteiger partial charge < -0.3 is 5.32 Å². The molecule has 106 valence electrons. The molecule has 0 amide bonds. The van der Waals surface area contributed by atoms with Crippen LogP contribution in [-0.4, -0.2) is 32.4 Å². The maximum atomic E-state index is 12.1. The summed E-state index contributed by atoms with van der Waals surface area (Å²) in [7, 11) is -3.44. The van der Waals surface area contributed by atoms with Crippen LogP contribution in [0.25, 0.3) is 0 Å². The molecule has 0 spiro atoms. The molecule has 1 aromatic carbocycles. The third-order valence-electron chi connectivity index (χ3n) is 3.34. The van der Waals surface area contributed by atoms with E-state index in [1.807, 2.05) is 26.0 Å². The minimum Gasteiger partial charge on any atom is -0.385 e. The Bertz CT molecular complexity index is 539. The summed E-state index contributed by atoms with van der Waals surface area (Å²) >= 11 is 0. The van der Waals surface area contributed by atoms with E-state index in [0.29, 0.717) is 18.8 Å². The molecule has 0 atom stereocenters. The zero-order valence-electron chi connectivity index (χ0n) is 11.4. The minimum atomic E-state index is -3.44. The standard InChI is InChI=1S/C13H21N3O2S/c1-3-16(4-2)19(17,18)15-12-7-8-13-11(10-12)6-5-9-14-13/h7-8,10,14-15H,3-6,9H2,1-2H3. The van der Waals surface area contributed by atoms with Crippen LogP contribution in [0.2, 0.25) is 0 Å². The highest BCUT2D eigenvalue weighted by Crippen LogP contribution is 2.25. The number of hydrogen-bond donors (Lipinski definition) is 2. The van der Waals surface area contributed by atoms with Gasteiger partial charge in [-0.25, -0.2) is 0 Å². The van der Waals surface area contributed by atoms with Gasteiger partial charge in [0.15, 0.2) is 0 Å². The van der Waals surface area contributed by atoms with E-state index in [0.717, 1.165) is 25.1 Å². The molecule has 0 fully saturated rings. The highest BCUT2D eigenvalue weighted by molar-refractivity contribution is 7.90. The monoisotopic (exact) mass is 283 g/mol. The summed E-state index contributed by atoms with van der Waals surface area (Å²) in [6.45, 7) is 5.59. The largest absolute Gasteiger partial charge is 0.385 e. The Morgan fingerprint density at radius 3 is 2.74 bits per heavy atom. The molecule has 0 saturated heterocycles. The van der Waals surface area contributed by atoms with Gasteiger partial charge in [-0.2, -0.15) is 12.7 Å². The Hall–Kier alpha value is -1.27. The molecule has 0 aliphatic carbocycles. The second-order valence-corrected chi connectivity index (χ2v) is 6.26. The summed E-state index contributed by atoms with van der Waals surface area (Å²) in [5, 5.41) is 3.31. The molecule has 0 aromatic heterocycles. The predicted molar refractivity (Wildman–Crippen MR) is 78.7 cm³/mol. The summed E-state index contributed by atoms with van der Waals surface area (Å²) < 4.78 is 28.3. The van der Waals surface area contributed by atoms with Gasteiger partial charge in [-0.1, -0.05) is 13.8 Å². The molecule has 1 aromatic rings. The molecule has 1 heterocycles. The van der Waals surface area contributed by atoms with Crippen LogP contribution >= 0.6 is 0 Å². The summed E-state index contributed by atoms with van der Waals surface area (Å²) in [6.07, 6.45) is 2.07. The topological polar surface area (TPSA) is 61.4 Å². The van der Waals surface area contributed by atoms with E-state index in [4.69, 9.17) is 0 Å². The smallest absolute Gasteiger partial charge is 0.301 e. The first-order valence-corrected chi connectivity index (χ1v) is 8.15. The number of benzene rings is 1. The lowest BCUT2D eigenvalue weighted by atomic mass is 10.0. The van der Waals surface area contributed by atoms with Gasteiger partial charge in [0.05, 0.1) is 5.69 Å². The number of anilines is 2. The molecule has 0 saturated carbocycles. The summed E-state index contributed by atoms with van der Waals surface area (Å²) in [4.78, 5) is 0. The van der Waals surface area contributed by atoms with E-state index < -0.39 is 10.2 Å². The normalized spacial score (nSPS) is 14.9. The molecule has 0 unspecified atom stereocenters. The van der Waals surface area contributed by atoms with Gasteiger partial charge in [0.1, 0.15) is 0 Å². The Morgan fingerprint density at radius 2 is 2.05 bits per heavy atom. The summed E-state index contributed by atoms with van der Waals surface area (Å²) in [5.41, 5.74) is 2.91. The molecule has 0 radical (unpaired) electrons. The molecule has 2 N–H and O–H groups in total. The number of hydrogen-bond acceptors (Lipinski definition) is 3. The van der Waals surface area contributed by atoms with Gasteiger partial charge in [0.2, 0.25) is 0 Å². The maximum absolute atomic E-state index is 12.1. The number of nitrogens with one attached hydrogen (secondary N) is 2. The fraction of sp³-hybridized carbons (Fsp3) is 0.538. The van der Waals surface area contributed by atoms with Crippen molar-refractivity contribution in [2.24, 2.45) is 0 Å². The summed E-state index contributed by atoms with van der Waals surface area (Å²) in [5.74, 6) is 0. The predicted octanol–water partition coefficient (Wildman–Crippen LogP) is 2.04. The van der Waals surface area contributed by atoms with Crippen molar-refractivity contribution in [2.75, 3.05) is 29.7 Å². The van der Waals surface area contributed by atoms with E-state index in [2.05, 4.69) is 10.0 Å². The number of aryl methyl sites for hydroxylation is 1. The van der Waals surface area contributed by atoms with Crippen LogP contribution in [0, 0.1) is 0 Å². The van der Waals surface area contributed by atoms with Crippen molar-refractivity contribution in [1.29, 1.82) is 0 Å². The Kier molecular flexibility index (Phi) is 4.31. The van der Waals surface area contributed by atoms with Crippen molar-refractivity contribution in [3.8, 4) is 0 Å². The van der Waals surface area contributed by atoms with Crippen molar-refractivity contribution >= 4 is 21.6 Å². The van der Waals surface area contributed by atoms with Crippen LogP contribution in [0.5, 0.6) is 0 Å². The molecule has 1 aliphatic heterocycles. The van der Waals surface area contributed by atoms with Crippen molar-refractivity contribution in [1.82, 2.24) is 4.31 Å². The van der Waals surface area contributed by atoms with Crippen LogP contribution in [-0.2, 0) is 16.6 Å². The average molecular weight is 283 g/mol. The molecule has 2 rings (SSSR count). The van der Waals surface area contributed by atoms with Crippen LogP contribution < -0.4 is 10.0 Å². The molecule has 1 aliphatic rings. The van der Waals surface area contributed by atoms with E-state index in [-0.39, 0.29) is 0 Å². The van der Waals surface area contributed by atoms with Gasteiger partial charge in [-0.3, -0.25) is 4.72 Å². The van der Waals surface area contributed by atoms with E-state index in [1.165, 1.54) is 9.87 Å². The quantitative estimate of drug-likeness (QED) is 0.869. The fourth-order valence-corrected chi connectivity index (χ4v) is 3.55. The molecular weight excluding hydrogens is 262 g/mol. The maximum Gasteiger partial charge on any atom is 0.301 e. The van der Waals surface area contributed by atoms with Crippen LogP contribution in [0.3, 0.4) is 0 Å². The fourth-order valence-electron chi connectivity index (χ4n) is 2.32. The molecule has 6 heteroatoms. The van der Waals surface area contributed by atoms with E-state index in [1.54, 1.807) is 6.07 Å². The number of fused-ring (bicyclic) bond motifs is 1. The molecule has 0 bridgehead atoms. The van der Waals surface area contributed by atoms with Gasteiger partial charge >= 0.3 is 10.2 Å². The van der Waals surface area contributed by atoms with Gasteiger partial charge in [-0.15, -0.1) is 0 Å². The molecule has 5 nitrogen and oxygen atoms in total. The lowest BCUT2D eigenvalue weighted by Crippen LogP contribution is -2.35. The SMILES string of the molecule is CCN(CC)S(=O)(=O)Nc1ccc2c(c1)CCCN2. The lowest BCUT2D eigenvalue weighted by Gasteiger charge is -2.22. The van der Waals surface area contributed by atoms with Crippen LogP contribution in [0.15, 0.2) is 18.2 Å². The van der Waals surface area contributed by atoms with Gasteiger partial charge in [-0.05, 0) is 36.6 Å². The average Bonchev–Trinajstić information content (AvgIpc) is 2.39. The highest BCUT2D eigenvalue weighted by Gasteiger charge is 2.19. The molecular formula is C13H21N3O2S. The Balaban J connectivity index is 2.19. The van der Waals surface area contributed by atoms with Gasteiger partial charge in [0, 0.05) is 25.3 Å². The third kappa shape index (κ3) is 3.19. The first kappa shape index (κ1) is 14.1. The Morgan fingerprint density at radius 1 is 1.32 bits per heavy atom. The minimum absolute atomic E-state index is 0.471. The zero-order valence-corrected chi connectivity index (χ0v) is 12.3. The highest BCUT2D eigenvalue weighted by atomic mass is 32.2. The van der Waals surface area contributed by atoms with E-state index >= 15 is 0 Å². The molecule has 19 heavy (non-hydrogen) atoms. The second-order valence-electron chi connectivity index (χ2n) is 4.59. The summed E-state index contributed by atoms with van der Waals surface area (Å²) in [6, 6.07) is 5.66. The number of nitrogens with zero attached hydrogens (tertiary/aromatic N) is 1. The zero-order chi connectivity index (χ0) is 13.9. The van der Waals surface area contributed by atoms with Crippen molar-refractivity contribution in [2.45, 2.75) is 26.7 Å². The van der Waals surface area contributed by atoms with Crippen molar-refractivity contribution in [3.63, 3.8) is 0 Å². The van der Waals surface area contributed by atoms with Crippen LogP contribution in [0.1, 0.15) is 25.8 Å². The van der Waals surface area contributed by atoms with Crippen molar-refractivity contribution < 1.29 is 8.42 Å². The first-order chi connectivity index (χ1) is 9.06. The second kappa shape index (κ2) is 5.79. The van der Waals surface area contributed by atoms with E-state index in [9.17, 15) is 8.42 Å².